The number of hydrogen-bond donors (Lipinski definition) is 0. The average molecular weight is 353 g/mol. The van der Waals surface area contributed by atoms with Crippen LogP contribution in [-0.4, -0.2) is 0 Å². The van der Waals surface area contributed by atoms with E-state index in [-0.39, 0.29) is 0 Å². The Kier molecular flexibility index (Phi) is 4.52. The molecular weight excluding hydrogens is 324 g/mol. The fourth-order valence-electron chi connectivity index (χ4n) is 4.49. The SMILES string of the molecule is Cc1c(-c2ccccc2)c2c(C(C)C)cccc2c2c(C(C)C)cccc12. The van der Waals surface area contributed by atoms with Gasteiger partial charge in [0.1, 0.15) is 0 Å². The fourth-order valence-corrected chi connectivity index (χ4v) is 4.49. The highest BCUT2D eigenvalue weighted by Gasteiger charge is 2.19. The number of aryl methyl sites for hydroxylation is 1. The summed E-state index contributed by atoms with van der Waals surface area (Å²) < 4.78 is 0. The second kappa shape index (κ2) is 6.85. The van der Waals surface area contributed by atoms with E-state index in [4.69, 9.17) is 0 Å². The second-order valence-corrected chi connectivity index (χ2v) is 8.22. The highest BCUT2D eigenvalue weighted by Crippen LogP contribution is 2.43. The Labute approximate surface area is 162 Å². The van der Waals surface area contributed by atoms with Gasteiger partial charge >= 0.3 is 0 Å². The maximum Gasteiger partial charge on any atom is -0.00615 e. The fraction of sp³-hybridized carbons (Fsp3) is 0.259. The lowest BCUT2D eigenvalue weighted by molar-refractivity contribution is 0.874. The number of benzene rings is 4. The molecule has 0 fully saturated rings. The van der Waals surface area contributed by atoms with Gasteiger partial charge in [-0.3, -0.25) is 0 Å². The van der Waals surface area contributed by atoms with Crippen molar-refractivity contribution in [3.63, 3.8) is 0 Å². The molecule has 0 nitrogen and oxygen atoms in total. The Morgan fingerprint density at radius 1 is 0.556 bits per heavy atom. The van der Waals surface area contributed by atoms with Gasteiger partial charge in [0.15, 0.2) is 0 Å². The molecule has 0 N–H and O–H groups in total. The third-order valence-corrected chi connectivity index (χ3v) is 5.80. The zero-order valence-electron chi connectivity index (χ0n) is 17.0. The molecule has 0 aliphatic heterocycles. The van der Waals surface area contributed by atoms with Crippen molar-refractivity contribution in [3.8, 4) is 11.1 Å². The Balaban J connectivity index is 2.31. The second-order valence-electron chi connectivity index (χ2n) is 8.22. The van der Waals surface area contributed by atoms with Crippen LogP contribution in [0.15, 0.2) is 66.7 Å². The standard InChI is InChI=1S/C27H28/c1-17(2)21-13-9-15-23-19(5)25(20-11-7-6-8-12-20)27-22(18(3)4)14-10-16-24(27)26(21)23/h6-18H,1-5H3. The molecule has 0 heteroatoms. The van der Waals surface area contributed by atoms with E-state index in [1.807, 2.05) is 0 Å². The summed E-state index contributed by atoms with van der Waals surface area (Å²) in [5.41, 5.74) is 6.98. The molecule has 0 aliphatic rings. The van der Waals surface area contributed by atoms with Gasteiger partial charge in [-0.2, -0.15) is 0 Å². The van der Waals surface area contributed by atoms with E-state index in [1.54, 1.807) is 0 Å². The Morgan fingerprint density at radius 3 is 1.70 bits per heavy atom. The van der Waals surface area contributed by atoms with Crippen molar-refractivity contribution in [2.24, 2.45) is 0 Å². The third kappa shape index (κ3) is 2.84. The van der Waals surface area contributed by atoms with Crippen molar-refractivity contribution in [2.45, 2.75) is 46.5 Å². The van der Waals surface area contributed by atoms with Crippen LogP contribution in [0.25, 0.3) is 32.7 Å². The van der Waals surface area contributed by atoms with Crippen molar-refractivity contribution in [1.82, 2.24) is 0 Å². The summed E-state index contributed by atoms with van der Waals surface area (Å²) in [7, 11) is 0. The minimum atomic E-state index is 0.485. The van der Waals surface area contributed by atoms with E-state index in [0.717, 1.165) is 0 Å². The summed E-state index contributed by atoms with van der Waals surface area (Å²) in [6, 6.07) is 24.6. The van der Waals surface area contributed by atoms with Crippen LogP contribution in [0.2, 0.25) is 0 Å². The van der Waals surface area contributed by atoms with E-state index in [9.17, 15) is 0 Å². The van der Waals surface area contributed by atoms with Gasteiger partial charge in [-0.1, -0.05) is 94.4 Å². The molecule has 0 heterocycles. The molecule has 0 radical (unpaired) electrons. The van der Waals surface area contributed by atoms with Gasteiger partial charge in [0.25, 0.3) is 0 Å². The zero-order chi connectivity index (χ0) is 19.1. The Hall–Kier alpha value is -2.60. The van der Waals surface area contributed by atoms with E-state index in [1.165, 1.54) is 49.4 Å². The van der Waals surface area contributed by atoms with E-state index < -0.39 is 0 Å². The van der Waals surface area contributed by atoms with E-state index in [0.29, 0.717) is 11.8 Å². The number of rotatable bonds is 3. The highest BCUT2D eigenvalue weighted by atomic mass is 14.2. The first-order valence-electron chi connectivity index (χ1n) is 10.0. The molecule has 0 aromatic heterocycles. The van der Waals surface area contributed by atoms with Crippen molar-refractivity contribution in [3.05, 3.63) is 83.4 Å². The summed E-state index contributed by atoms with van der Waals surface area (Å²) in [5.74, 6) is 0.987. The van der Waals surface area contributed by atoms with Gasteiger partial charge < -0.3 is 0 Å². The van der Waals surface area contributed by atoms with Gasteiger partial charge in [-0.25, -0.2) is 0 Å². The van der Waals surface area contributed by atoms with Crippen LogP contribution in [0.4, 0.5) is 0 Å². The lowest BCUT2D eigenvalue weighted by Crippen LogP contribution is -1.98. The lowest BCUT2D eigenvalue weighted by atomic mass is 9.82. The van der Waals surface area contributed by atoms with Crippen LogP contribution in [0.1, 0.15) is 56.2 Å². The van der Waals surface area contributed by atoms with Crippen LogP contribution >= 0.6 is 0 Å². The largest absolute Gasteiger partial charge is 0.0622 e. The molecule has 0 saturated heterocycles. The van der Waals surface area contributed by atoms with Crippen molar-refractivity contribution < 1.29 is 0 Å². The molecule has 4 aromatic carbocycles. The molecule has 0 aliphatic carbocycles. The summed E-state index contributed by atoms with van der Waals surface area (Å²) in [5, 5.41) is 5.64. The topological polar surface area (TPSA) is 0 Å². The van der Waals surface area contributed by atoms with Gasteiger partial charge in [-0.15, -0.1) is 0 Å². The number of hydrogen-bond acceptors (Lipinski definition) is 0. The maximum atomic E-state index is 2.32. The predicted molar refractivity (Wildman–Crippen MR) is 120 cm³/mol. The molecular formula is C27H28. The lowest BCUT2D eigenvalue weighted by Gasteiger charge is -2.22. The summed E-state index contributed by atoms with van der Waals surface area (Å²) in [4.78, 5) is 0. The summed E-state index contributed by atoms with van der Waals surface area (Å²) >= 11 is 0. The van der Waals surface area contributed by atoms with E-state index in [2.05, 4.69) is 101 Å². The summed E-state index contributed by atoms with van der Waals surface area (Å²) in [6.45, 7) is 11.5. The van der Waals surface area contributed by atoms with Gasteiger partial charge in [0.2, 0.25) is 0 Å². The first kappa shape index (κ1) is 17.8. The number of fused-ring (bicyclic) bond motifs is 3. The molecule has 0 unspecified atom stereocenters. The minimum absolute atomic E-state index is 0.485. The van der Waals surface area contributed by atoms with Crippen LogP contribution in [0.3, 0.4) is 0 Å². The van der Waals surface area contributed by atoms with Gasteiger partial charge in [0.05, 0.1) is 0 Å². The Morgan fingerprint density at radius 2 is 1.11 bits per heavy atom. The Bertz CT molecular complexity index is 1120. The first-order chi connectivity index (χ1) is 13.0. The van der Waals surface area contributed by atoms with E-state index >= 15 is 0 Å². The van der Waals surface area contributed by atoms with Crippen LogP contribution in [-0.2, 0) is 0 Å². The molecule has 0 atom stereocenters. The molecule has 136 valence electrons. The highest BCUT2D eigenvalue weighted by molar-refractivity contribution is 6.18. The monoisotopic (exact) mass is 352 g/mol. The van der Waals surface area contributed by atoms with Crippen molar-refractivity contribution in [2.75, 3.05) is 0 Å². The predicted octanol–water partition coefficient (Wildman–Crippen LogP) is 8.22. The average Bonchev–Trinajstić information content (AvgIpc) is 2.68. The molecule has 0 bridgehead atoms. The van der Waals surface area contributed by atoms with Crippen LogP contribution in [0, 0.1) is 6.92 Å². The normalized spacial score (nSPS) is 11.8. The van der Waals surface area contributed by atoms with Gasteiger partial charge in [-0.05, 0) is 68.1 Å². The smallest absolute Gasteiger partial charge is 0.00615 e. The zero-order valence-corrected chi connectivity index (χ0v) is 17.0. The quantitative estimate of drug-likeness (QED) is 0.326. The molecule has 4 rings (SSSR count). The third-order valence-electron chi connectivity index (χ3n) is 5.80. The van der Waals surface area contributed by atoms with Gasteiger partial charge in [0, 0.05) is 0 Å². The van der Waals surface area contributed by atoms with Crippen LogP contribution in [0.5, 0.6) is 0 Å². The molecule has 0 saturated carbocycles. The first-order valence-corrected chi connectivity index (χ1v) is 10.0. The maximum absolute atomic E-state index is 2.32. The molecule has 0 spiro atoms. The van der Waals surface area contributed by atoms with Crippen LogP contribution < -0.4 is 0 Å². The molecule has 0 amide bonds. The van der Waals surface area contributed by atoms with Crippen molar-refractivity contribution in [1.29, 1.82) is 0 Å². The minimum Gasteiger partial charge on any atom is -0.0622 e. The summed E-state index contributed by atoms with van der Waals surface area (Å²) in [6.07, 6.45) is 0. The molecule has 4 aromatic rings. The molecule has 27 heavy (non-hydrogen) atoms. The van der Waals surface area contributed by atoms with Crippen molar-refractivity contribution >= 4 is 21.5 Å².